The quantitative estimate of drug-likeness (QED) is 0.579. The molecule has 0 unspecified atom stereocenters. The second-order valence-electron chi connectivity index (χ2n) is 5.36. The van der Waals surface area contributed by atoms with Crippen LogP contribution >= 0.6 is 12.2 Å². The minimum atomic E-state index is -0.272. The van der Waals surface area contributed by atoms with E-state index in [0.717, 1.165) is 30.0 Å². The lowest BCUT2D eigenvalue weighted by molar-refractivity contribution is 0.0977. The number of carbonyl (C=O) groups excluding carboxylic acids is 1. The van der Waals surface area contributed by atoms with Crippen molar-refractivity contribution in [3.8, 4) is 11.5 Å². The summed E-state index contributed by atoms with van der Waals surface area (Å²) in [6.07, 6.45) is 2.09. The van der Waals surface area contributed by atoms with Crippen molar-refractivity contribution < 1.29 is 14.3 Å². The Morgan fingerprint density at radius 3 is 2.28 bits per heavy atom. The first-order chi connectivity index (χ1) is 12.1. The fourth-order valence-corrected chi connectivity index (χ4v) is 2.26. The van der Waals surface area contributed by atoms with E-state index in [-0.39, 0.29) is 11.0 Å². The van der Waals surface area contributed by atoms with Crippen LogP contribution in [-0.2, 0) is 0 Å². The third-order valence-electron chi connectivity index (χ3n) is 3.46. The van der Waals surface area contributed by atoms with Gasteiger partial charge in [-0.1, -0.05) is 13.3 Å². The van der Waals surface area contributed by atoms with Gasteiger partial charge in [0, 0.05) is 11.3 Å². The Morgan fingerprint density at radius 2 is 1.68 bits per heavy atom. The lowest BCUT2D eigenvalue weighted by atomic mass is 10.2. The van der Waals surface area contributed by atoms with Gasteiger partial charge in [0.05, 0.1) is 13.7 Å². The molecule has 0 saturated heterocycles. The number of hydrogen-bond acceptors (Lipinski definition) is 4. The molecule has 0 aliphatic carbocycles. The van der Waals surface area contributed by atoms with Gasteiger partial charge >= 0.3 is 0 Å². The van der Waals surface area contributed by atoms with Gasteiger partial charge in [-0.15, -0.1) is 0 Å². The number of amides is 1. The number of methoxy groups -OCH3 is 1. The van der Waals surface area contributed by atoms with Gasteiger partial charge in [0.25, 0.3) is 5.91 Å². The largest absolute Gasteiger partial charge is 0.497 e. The van der Waals surface area contributed by atoms with Crippen molar-refractivity contribution >= 4 is 28.9 Å². The van der Waals surface area contributed by atoms with Crippen LogP contribution in [0.3, 0.4) is 0 Å². The van der Waals surface area contributed by atoms with Crippen molar-refractivity contribution in [3.63, 3.8) is 0 Å². The first kappa shape index (κ1) is 18.7. The SMILES string of the molecule is CCCCOc1ccc(C(=O)NC(=S)Nc2ccc(OC)cc2)cc1. The summed E-state index contributed by atoms with van der Waals surface area (Å²) in [7, 11) is 1.60. The molecule has 2 N–H and O–H groups in total. The monoisotopic (exact) mass is 358 g/mol. The third kappa shape index (κ3) is 6.08. The van der Waals surface area contributed by atoms with Crippen molar-refractivity contribution in [2.75, 3.05) is 19.0 Å². The Labute approximate surface area is 153 Å². The Hall–Kier alpha value is -2.60. The predicted octanol–water partition coefficient (Wildman–Crippen LogP) is 4.00. The highest BCUT2D eigenvalue weighted by molar-refractivity contribution is 7.80. The molecule has 25 heavy (non-hydrogen) atoms. The summed E-state index contributed by atoms with van der Waals surface area (Å²) in [6.45, 7) is 2.79. The smallest absolute Gasteiger partial charge is 0.257 e. The summed E-state index contributed by atoms with van der Waals surface area (Å²) < 4.78 is 10.7. The molecule has 0 aromatic heterocycles. The average molecular weight is 358 g/mol. The van der Waals surface area contributed by atoms with E-state index in [9.17, 15) is 4.79 Å². The van der Waals surface area contributed by atoms with Crippen molar-refractivity contribution in [1.29, 1.82) is 0 Å². The van der Waals surface area contributed by atoms with Gasteiger partial charge in [0.15, 0.2) is 5.11 Å². The average Bonchev–Trinajstić information content (AvgIpc) is 2.63. The van der Waals surface area contributed by atoms with Gasteiger partial charge in [-0.05, 0) is 67.2 Å². The number of hydrogen-bond donors (Lipinski definition) is 2. The molecule has 1 amide bonds. The zero-order chi connectivity index (χ0) is 18.1. The molecule has 2 aromatic rings. The number of anilines is 1. The number of benzene rings is 2. The van der Waals surface area contributed by atoms with Gasteiger partial charge in [-0.2, -0.15) is 0 Å². The first-order valence-corrected chi connectivity index (χ1v) is 8.52. The second kappa shape index (κ2) is 9.64. The van der Waals surface area contributed by atoms with E-state index in [1.807, 2.05) is 24.3 Å². The molecular weight excluding hydrogens is 336 g/mol. The molecule has 0 heterocycles. The predicted molar refractivity (Wildman–Crippen MR) is 104 cm³/mol. The van der Waals surface area contributed by atoms with Crippen molar-refractivity contribution in [3.05, 3.63) is 54.1 Å². The maximum absolute atomic E-state index is 12.2. The van der Waals surface area contributed by atoms with Crippen molar-refractivity contribution in [2.24, 2.45) is 0 Å². The fourth-order valence-electron chi connectivity index (χ4n) is 2.05. The number of nitrogens with one attached hydrogen (secondary N) is 2. The van der Waals surface area contributed by atoms with Crippen molar-refractivity contribution in [2.45, 2.75) is 19.8 Å². The Balaban J connectivity index is 1.86. The molecular formula is C19H22N2O3S. The summed E-state index contributed by atoms with van der Waals surface area (Å²) in [5.41, 5.74) is 1.28. The minimum absolute atomic E-state index is 0.235. The Morgan fingerprint density at radius 1 is 1.04 bits per heavy atom. The molecule has 2 rings (SSSR count). The molecule has 0 fully saturated rings. The maximum Gasteiger partial charge on any atom is 0.257 e. The van der Waals surface area contributed by atoms with E-state index >= 15 is 0 Å². The van der Waals surface area contributed by atoms with Crippen LogP contribution in [0, 0.1) is 0 Å². The van der Waals surface area contributed by atoms with Crippen LogP contribution in [0.2, 0.25) is 0 Å². The van der Waals surface area contributed by atoms with Crippen LogP contribution in [0.25, 0.3) is 0 Å². The topological polar surface area (TPSA) is 59.6 Å². The van der Waals surface area contributed by atoms with Crippen LogP contribution in [0.4, 0.5) is 5.69 Å². The van der Waals surface area contributed by atoms with Crippen LogP contribution in [0.1, 0.15) is 30.1 Å². The van der Waals surface area contributed by atoms with Crippen LogP contribution < -0.4 is 20.1 Å². The first-order valence-electron chi connectivity index (χ1n) is 8.11. The number of carbonyl (C=O) groups is 1. The van der Waals surface area contributed by atoms with E-state index in [1.54, 1.807) is 31.4 Å². The summed E-state index contributed by atoms with van der Waals surface area (Å²) in [4.78, 5) is 12.2. The summed E-state index contributed by atoms with van der Waals surface area (Å²) in [5.74, 6) is 1.23. The highest BCUT2D eigenvalue weighted by Crippen LogP contribution is 2.15. The molecule has 0 spiro atoms. The highest BCUT2D eigenvalue weighted by Gasteiger charge is 2.08. The molecule has 6 heteroatoms. The fraction of sp³-hybridized carbons (Fsp3) is 0.263. The van der Waals surface area contributed by atoms with Gasteiger partial charge in [-0.25, -0.2) is 0 Å². The number of unbranched alkanes of at least 4 members (excludes halogenated alkanes) is 1. The molecule has 0 bridgehead atoms. The number of thiocarbonyl (C=S) groups is 1. The van der Waals surface area contributed by atoms with E-state index in [0.29, 0.717) is 12.2 Å². The molecule has 0 saturated carbocycles. The molecule has 0 aliphatic rings. The van der Waals surface area contributed by atoms with Gasteiger partial charge < -0.3 is 14.8 Å². The van der Waals surface area contributed by atoms with E-state index in [4.69, 9.17) is 21.7 Å². The van der Waals surface area contributed by atoms with E-state index < -0.39 is 0 Å². The van der Waals surface area contributed by atoms with Crippen LogP contribution in [0.15, 0.2) is 48.5 Å². The summed E-state index contributed by atoms with van der Waals surface area (Å²) >= 11 is 5.17. The molecule has 0 aliphatic heterocycles. The van der Waals surface area contributed by atoms with Gasteiger partial charge in [0.1, 0.15) is 11.5 Å². The molecule has 0 radical (unpaired) electrons. The third-order valence-corrected chi connectivity index (χ3v) is 3.66. The Kier molecular flexibility index (Phi) is 7.22. The van der Waals surface area contributed by atoms with Crippen molar-refractivity contribution in [1.82, 2.24) is 5.32 Å². The zero-order valence-corrected chi connectivity index (χ0v) is 15.2. The number of rotatable bonds is 7. The Bertz CT molecular complexity index is 700. The lowest BCUT2D eigenvalue weighted by Gasteiger charge is -2.10. The molecule has 5 nitrogen and oxygen atoms in total. The molecule has 2 aromatic carbocycles. The number of ether oxygens (including phenoxy) is 2. The summed E-state index contributed by atoms with van der Waals surface area (Å²) in [5, 5.41) is 5.85. The minimum Gasteiger partial charge on any atom is -0.497 e. The molecule has 132 valence electrons. The van der Waals surface area contributed by atoms with Gasteiger partial charge in [-0.3, -0.25) is 10.1 Å². The summed E-state index contributed by atoms with van der Waals surface area (Å²) in [6, 6.07) is 14.3. The maximum atomic E-state index is 12.2. The zero-order valence-electron chi connectivity index (χ0n) is 14.4. The normalized spacial score (nSPS) is 10.0. The second-order valence-corrected chi connectivity index (χ2v) is 5.77. The van der Waals surface area contributed by atoms with E-state index in [1.165, 1.54) is 0 Å². The van der Waals surface area contributed by atoms with Crippen LogP contribution in [0.5, 0.6) is 11.5 Å². The highest BCUT2D eigenvalue weighted by atomic mass is 32.1. The lowest BCUT2D eigenvalue weighted by Crippen LogP contribution is -2.34. The standard InChI is InChI=1S/C19H22N2O3S/c1-3-4-13-24-17-9-5-14(6-10-17)18(22)21-19(25)20-15-7-11-16(23-2)12-8-15/h5-12H,3-4,13H2,1-2H3,(H2,20,21,22,25). The molecule has 0 atom stereocenters. The van der Waals surface area contributed by atoms with E-state index in [2.05, 4.69) is 17.6 Å². The van der Waals surface area contributed by atoms with Gasteiger partial charge in [0.2, 0.25) is 0 Å². The van der Waals surface area contributed by atoms with Crippen LogP contribution in [-0.4, -0.2) is 24.7 Å².